The number of phenols is 1. The van der Waals surface area contributed by atoms with Crippen LogP contribution >= 0.6 is 15.9 Å². The van der Waals surface area contributed by atoms with Crippen LogP contribution in [0.15, 0.2) is 33.3 Å². The summed E-state index contributed by atoms with van der Waals surface area (Å²) in [5.74, 6) is 1.86. The Bertz CT molecular complexity index is 569. The van der Waals surface area contributed by atoms with Crippen LogP contribution in [0, 0.1) is 0 Å². The number of hydrogen-bond acceptors (Lipinski definition) is 4. The summed E-state index contributed by atoms with van der Waals surface area (Å²) in [6.45, 7) is 4.65. The third-order valence-electron chi connectivity index (χ3n) is 3.22. The molecule has 1 aromatic carbocycles. The van der Waals surface area contributed by atoms with Crippen molar-refractivity contribution in [2.75, 3.05) is 0 Å². The molecule has 4 nitrogen and oxygen atoms in total. The summed E-state index contributed by atoms with van der Waals surface area (Å²) in [6, 6.07) is 5.52. The molecule has 20 heavy (non-hydrogen) atoms. The molecule has 0 amide bonds. The molecule has 5 heteroatoms. The Morgan fingerprint density at radius 2 is 2.20 bits per heavy atom. The van der Waals surface area contributed by atoms with Gasteiger partial charge in [-0.05, 0) is 24.6 Å². The van der Waals surface area contributed by atoms with Gasteiger partial charge in [-0.15, -0.1) is 0 Å². The highest BCUT2D eigenvalue weighted by atomic mass is 79.9. The first kappa shape index (κ1) is 15.1. The molecule has 0 aliphatic heterocycles. The Balaban J connectivity index is 2.07. The second kappa shape index (κ2) is 6.90. The zero-order valence-corrected chi connectivity index (χ0v) is 13.3. The lowest BCUT2D eigenvalue weighted by atomic mass is 10.0. The second-order valence-electron chi connectivity index (χ2n) is 4.62. The molecule has 0 radical (unpaired) electrons. The lowest BCUT2D eigenvalue weighted by Gasteiger charge is -2.18. The maximum Gasteiger partial charge on any atom is 0.208 e. The number of phenolic OH excluding ortho intramolecular Hbond substituents is 1. The van der Waals surface area contributed by atoms with Crippen LogP contribution in [0.2, 0.25) is 0 Å². The summed E-state index contributed by atoms with van der Waals surface area (Å²) in [6.07, 6.45) is 3.47. The SMILES string of the molecule is CCc1cnc(CNC(CC)c2cc(Br)ccc2O)o1. The van der Waals surface area contributed by atoms with Crippen LogP contribution in [0.5, 0.6) is 5.75 Å². The topological polar surface area (TPSA) is 58.3 Å². The van der Waals surface area contributed by atoms with Crippen molar-refractivity contribution in [1.29, 1.82) is 0 Å². The molecule has 1 heterocycles. The van der Waals surface area contributed by atoms with Gasteiger partial charge in [0.1, 0.15) is 11.5 Å². The third-order valence-corrected chi connectivity index (χ3v) is 3.72. The minimum atomic E-state index is 0.0597. The third kappa shape index (κ3) is 3.61. The van der Waals surface area contributed by atoms with Crippen molar-refractivity contribution in [2.45, 2.75) is 39.3 Å². The van der Waals surface area contributed by atoms with Gasteiger partial charge in [-0.2, -0.15) is 0 Å². The molecule has 0 aliphatic rings. The summed E-state index contributed by atoms with van der Waals surface area (Å²) < 4.78 is 6.53. The molecule has 1 aromatic heterocycles. The van der Waals surface area contributed by atoms with Gasteiger partial charge >= 0.3 is 0 Å². The Morgan fingerprint density at radius 1 is 1.40 bits per heavy atom. The first-order valence-electron chi connectivity index (χ1n) is 6.79. The number of nitrogens with zero attached hydrogens (tertiary/aromatic N) is 1. The first-order chi connectivity index (χ1) is 9.63. The summed E-state index contributed by atoms with van der Waals surface area (Å²) in [4.78, 5) is 4.23. The van der Waals surface area contributed by atoms with Crippen molar-refractivity contribution >= 4 is 15.9 Å². The average molecular weight is 339 g/mol. The van der Waals surface area contributed by atoms with E-state index in [1.807, 2.05) is 19.1 Å². The van der Waals surface area contributed by atoms with Gasteiger partial charge in [-0.25, -0.2) is 4.98 Å². The summed E-state index contributed by atoms with van der Waals surface area (Å²) >= 11 is 3.43. The van der Waals surface area contributed by atoms with Crippen molar-refractivity contribution in [3.8, 4) is 5.75 Å². The molecular formula is C15H19BrN2O2. The van der Waals surface area contributed by atoms with Crippen molar-refractivity contribution in [3.05, 3.63) is 46.1 Å². The van der Waals surface area contributed by atoms with E-state index in [9.17, 15) is 5.11 Å². The van der Waals surface area contributed by atoms with Crippen LogP contribution in [0.1, 0.15) is 43.5 Å². The number of hydrogen-bond donors (Lipinski definition) is 2. The molecule has 1 unspecified atom stereocenters. The maximum atomic E-state index is 9.98. The molecule has 108 valence electrons. The van der Waals surface area contributed by atoms with E-state index in [1.165, 1.54) is 0 Å². The Morgan fingerprint density at radius 3 is 2.85 bits per heavy atom. The molecule has 0 aliphatic carbocycles. The maximum absolute atomic E-state index is 9.98. The van der Waals surface area contributed by atoms with E-state index < -0.39 is 0 Å². The van der Waals surface area contributed by atoms with Crippen molar-refractivity contribution in [2.24, 2.45) is 0 Å². The van der Waals surface area contributed by atoms with E-state index in [0.29, 0.717) is 18.2 Å². The van der Waals surface area contributed by atoms with Gasteiger partial charge in [-0.3, -0.25) is 0 Å². The normalized spacial score (nSPS) is 12.6. The number of halogens is 1. The molecule has 0 fully saturated rings. The fourth-order valence-electron chi connectivity index (χ4n) is 2.08. The van der Waals surface area contributed by atoms with Crippen molar-refractivity contribution in [3.63, 3.8) is 0 Å². The molecule has 2 aromatic rings. The lowest BCUT2D eigenvalue weighted by Crippen LogP contribution is -2.20. The predicted molar refractivity (Wildman–Crippen MR) is 81.6 cm³/mol. The number of aromatic nitrogens is 1. The zero-order chi connectivity index (χ0) is 14.5. The van der Waals surface area contributed by atoms with Crippen LogP contribution in [-0.2, 0) is 13.0 Å². The molecule has 2 N–H and O–H groups in total. The highest BCUT2D eigenvalue weighted by Gasteiger charge is 2.14. The van der Waals surface area contributed by atoms with Gasteiger partial charge in [0.2, 0.25) is 5.89 Å². The Labute approximate surface area is 127 Å². The molecule has 0 spiro atoms. The monoisotopic (exact) mass is 338 g/mol. The highest BCUT2D eigenvalue weighted by Crippen LogP contribution is 2.29. The van der Waals surface area contributed by atoms with E-state index in [4.69, 9.17) is 4.42 Å². The van der Waals surface area contributed by atoms with Gasteiger partial charge in [0.15, 0.2) is 0 Å². The fourth-order valence-corrected chi connectivity index (χ4v) is 2.46. The van der Waals surface area contributed by atoms with Gasteiger partial charge < -0.3 is 14.8 Å². The molecule has 1 atom stereocenters. The predicted octanol–water partition coefficient (Wildman–Crippen LogP) is 3.95. The van der Waals surface area contributed by atoms with Gasteiger partial charge in [-0.1, -0.05) is 29.8 Å². The van der Waals surface area contributed by atoms with Gasteiger partial charge in [0.25, 0.3) is 0 Å². The summed E-state index contributed by atoms with van der Waals surface area (Å²) in [5.41, 5.74) is 0.879. The average Bonchev–Trinajstić information content (AvgIpc) is 2.91. The largest absolute Gasteiger partial charge is 0.508 e. The quantitative estimate of drug-likeness (QED) is 0.837. The van der Waals surface area contributed by atoms with Crippen LogP contribution in [0.4, 0.5) is 0 Å². The molecule has 0 saturated carbocycles. The smallest absolute Gasteiger partial charge is 0.208 e. The number of rotatable bonds is 6. The van der Waals surface area contributed by atoms with E-state index in [0.717, 1.165) is 28.6 Å². The van der Waals surface area contributed by atoms with Crippen LogP contribution in [-0.4, -0.2) is 10.1 Å². The van der Waals surface area contributed by atoms with E-state index >= 15 is 0 Å². The standard InChI is InChI=1S/C15H19BrN2O2/c1-3-11-8-18-15(20-11)9-17-13(4-2)12-7-10(16)5-6-14(12)19/h5-8,13,17,19H,3-4,9H2,1-2H3. The number of aromatic hydroxyl groups is 1. The van der Waals surface area contributed by atoms with Crippen LogP contribution < -0.4 is 5.32 Å². The van der Waals surface area contributed by atoms with Crippen molar-refractivity contribution < 1.29 is 9.52 Å². The minimum Gasteiger partial charge on any atom is -0.508 e. The van der Waals surface area contributed by atoms with Crippen molar-refractivity contribution in [1.82, 2.24) is 10.3 Å². The van der Waals surface area contributed by atoms with Gasteiger partial charge in [0.05, 0.1) is 12.7 Å². The molecular weight excluding hydrogens is 320 g/mol. The molecule has 0 saturated heterocycles. The fraction of sp³-hybridized carbons (Fsp3) is 0.400. The van der Waals surface area contributed by atoms with E-state index in [2.05, 4.69) is 33.2 Å². The number of oxazole rings is 1. The van der Waals surface area contributed by atoms with Gasteiger partial charge in [0, 0.05) is 22.5 Å². The second-order valence-corrected chi connectivity index (χ2v) is 5.53. The van der Waals surface area contributed by atoms with Crippen LogP contribution in [0.3, 0.4) is 0 Å². The first-order valence-corrected chi connectivity index (χ1v) is 7.58. The molecule has 0 bridgehead atoms. The Kier molecular flexibility index (Phi) is 5.20. The van der Waals surface area contributed by atoms with E-state index in [-0.39, 0.29) is 6.04 Å². The highest BCUT2D eigenvalue weighted by molar-refractivity contribution is 9.10. The minimum absolute atomic E-state index is 0.0597. The lowest BCUT2D eigenvalue weighted by molar-refractivity contribution is 0.401. The summed E-state index contributed by atoms with van der Waals surface area (Å²) in [5, 5.41) is 13.3. The number of aryl methyl sites for hydroxylation is 1. The number of nitrogens with one attached hydrogen (secondary N) is 1. The molecule has 2 rings (SSSR count). The number of benzene rings is 1. The zero-order valence-electron chi connectivity index (χ0n) is 11.7. The summed E-state index contributed by atoms with van der Waals surface area (Å²) in [7, 11) is 0. The Hall–Kier alpha value is -1.33. The van der Waals surface area contributed by atoms with E-state index in [1.54, 1.807) is 12.3 Å². The van der Waals surface area contributed by atoms with Crippen LogP contribution in [0.25, 0.3) is 0 Å².